The van der Waals surface area contributed by atoms with Gasteiger partial charge in [-0.1, -0.05) is 42.0 Å². The molecular weight excluding hydrogens is 318 g/mol. The summed E-state index contributed by atoms with van der Waals surface area (Å²) in [6.45, 7) is 2.54. The molecule has 5 heteroatoms. The fourth-order valence-electron chi connectivity index (χ4n) is 2.61. The van der Waals surface area contributed by atoms with Crippen LogP contribution in [-0.4, -0.2) is 30.6 Å². The van der Waals surface area contributed by atoms with Gasteiger partial charge in [-0.05, 0) is 36.6 Å². The molecule has 0 spiro atoms. The van der Waals surface area contributed by atoms with E-state index >= 15 is 0 Å². The number of amides is 1. The zero-order chi connectivity index (χ0) is 18.2. The molecule has 0 heterocycles. The third-order valence-corrected chi connectivity index (χ3v) is 3.95. The number of methoxy groups -OCH3 is 1. The second-order valence-corrected chi connectivity index (χ2v) is 6.07. The molecule has 0 aliphatic heterocycles. The van der Waals surface area contributed by atoms with Crippen molar-refractivity contribution in [2.75, 3.05) is 13.7 Å². The van der Waals surface area contributed by atoms with Crippen LogP contribution in [0.3, 0.4) is 0 Å². The number of carbonyl (C=O) groups is 2. The van der Waals surface area contributed by atoms with Gasteiger partial charge in [0.1, 0.15) is 0 Å². The van der Waals surface area contributed by atoms with Crippen LogP contribution in [0, 0.1) is 12.8 Å². The van der Waals surface area contributed by atoms with Gasteiger partial charge in [0.2, 0.25) is 0 Å². The minimum absolute atomic E-state index is 0.0852. The largest absolute Gasteiger partial charge is 0.481 e. The molecule has 5 nitrogen and oxygen atoms in total. The van der Waals surface area contributed by atoms with E-state index in [1.165, 1.54) is 0 Å². The lowest BCUT2D eigenvalue weighted by Crippen LogP contribution is -2.34. The van der Waals surface area contributed by atoms with Crippen molar-refractivity contribution in [3.05, 3.63) is 70.8 Å². The summed E-state index contributed by atoms with van der Waals surface area (Å²) in [7, 11) is 1.61. The molecule has 2 aromatic rings. The van der Waals surface area contributed by atoms with Crippen molar-refractivity contribution >= 4 is 11.9 Å². The van der Waals surface area contributed by atoms with Crippen LogP contribution in [0.5, 0.6) is 0 Å². The Balaban J connectivity index is 1.95. The van der Waals surface area contributed by atoms with E-state index in [2.05, 4.69) is 5.32 Å². The lowest BCUT2D eigenvalue weighted by molar-refractivity contribution is -0.141. The van der Waals surface area contributed by atoms with Crippen molar-refractivity contribution in [1.29, 1.82) is 0 Å². The minimum Gasteiger partial charge on any atom is -0.481 e. The third-order valence-electron chi connectivity index (χ3n) is 3.95. The number of rotatable bonds is 8. The Hall–Kier alpha value is -2.66. The quantitative estimate of drug-likeness (QED) is 0.774. The fraction of sp³-hybridized carbons (Fsp3) is 0.300. The molecule has 1 amide bonds. The molecule has 0 radical (unpaired) electrons. The van der Waals surface area contributed by atoms with Crippen molar-refractivity contribution < 1.29 is 19.4 Å². The van der Waals surface area contributed by atoms with Crippen molar-refractivity contribution in [2.45, 2.75) is 20.0 Å². The lowest BCUT2D eigenvalue weighted by Gasteiger charge is -2.14. The molecule has 0 aliphatic rings. The molecule has 1 unspecified atom stereocenters. The molecule has 0 bridgehead atoms. The lowest BCUT2D eigenvalue weighted by atomic mass is 9.98. The highest BCUT2D eigenvalue weighted by molar-refractivity contribution is 5.94. The van der Waals surface area contributed by atoms with Crippen molar-refractivity contribution in [3.8, 4) is 0 Å². The zero-order valence-electron chi connectivity index (χ0n) is 14.5. The Kier molecular flexibility index (Phi) is 6.71. The Morgan fingerprint density at radius 2 is 1.84 bits per heavy atom. The number of aliphatic carboxylic acids is 1. The average molecular weight is 341 g/mol. The van der Waals surface area contributed by atoms with Gasteiger partial charge in [0, 0.05) is 19.2 Å². The van der Waals surface area contributed by atoms with E-state index in [1.807, 2.05) is 43.3 Å². The molecule has 0 saturated carbocycles. The van der Waals surface area contributed by atoms with Gasteiger partial charge in [0.25, 0.3) is 5.91 Å². The molecule has 1 atom stereocenters. The van der Waals surface area contributed by atoms with Crippen LogP contribution in [0.1, 0.15) is 27.0 Å². The highest BCUT2D eigenvalue weighted by Gasteiger charge is 2.19. The number of benzene rings is 2. The number of carbonyl (C=O) groups excluding carboxylic acids is 1. The van der Waals surface area contributed by atoms with Crippen LogP contribution in [0.4, 0.5) is 0 Å². The molecule has 0 saturated heterocycles. The second-order valence-electron chi connectivity index (χ2n) is 6.07. The van der Waals surface area contributed by atoms with E-state index in [9.17, 15) is 14.7 Å². The monoisotopic (exact) mass is 341 g/mol. The first kappa shape index (κ1) is 18.7. The summed E-state index contributed by atoms with van der Waals surface area (Å²) in [5.41, 5.74) is 3.51. The summed E-state index contributed by atoms with van der Waals surface area (Å²) in [5.74, 6) is -1.87. The first-order valence-corrected chi connectivity index (χ1v) is 8.14. The Labute approximate surface area is 147 Å². The number of hydrogen-bond donors (Lipinski definition) is 2. The number of aryl methyl sites for hydroxylation is 1. The van der Waals surface area contributed by atoms with Gasteiger partial charge in [0.05, 0.1) is 12.5 Å². The average Bonchev–Trinajstić information content (AvgIpc) is 2.59. The number of nitrogens with one attached hydrogen (secondary N) is 1. The summed E-state index contributed by atoms with van der Waals surface area (Å²) < 4.78 is 5.03. The molecule has 25 heavy (non-hydrogen) atoms. The van der Waals surface area contributed by atoms with E-state index in [4.69, 9.17) is 4.74 Å². The summed E-state index contributed by atoms with van der Waals surface area (Å²) in [5, 5.41) is 12.1. The Bertz CT molecular complexity index is 725. The van der Waals surface area contributed by atoms with Crippen molar-refractivity contribution in [3.63, 3.8) is 0 Å². The van der Waals surface area contributed by atoms with Gasteiger partial charge in [-0.25, -0.2) is 0 Å². The van der Waals surface area contributed by atoms with Crippen molar-refractivity contribution in [2.24, 2.45) is 5.92 Å². The molecule has 132 valence electrons. The topological polar surface area (TPSA) is 75.6 Å². The Morgan fingerprint density at radius 1 is 1.12 bits per heavy atom. The van der Waals surface area contributed by atoms with E-state index in [1.54, 1.807) is 19.2 Å². The van der Waals surface area contributed by atoms with E-state index in [0.29, 0.717) is 18.6 Å². The van der Waals surface area contributed by atoms with E-state index in [0.717, 1.165) is 16.7 Å². The molecule has 0 aromatic heterocycles. The SMILES string of the molecule is COCc1ccc(C(=O)NCC(Cc2cccc(C)c2)C(=O)O)cc1. The minimum atomic E-state index is -0.919. The molecule has 0 fully saturated rings. The van der Waals surface area contributed by atoms with Gasteiger partial charge in [-0.15, -0.1) is 0 Å². The summed E-state index contributed by atoms with van der Waals surface area (Å²) in [6, 6.07) is 14.8. The predicted octanol–water partition coefficient (Wildman–Crippen LogP) is 2.81. The molecular formula is C20H23NO4. The summed E-state index contributed by atoms with van der Waals surface area (Å²) >= 11 is 0. The van der Waals surface area contributed by atoms with Crippen LogP contribution in [0.2, 0.25) is 0 Å². The normalized spacial score (nSPS) is 11.8. The molecule has 2 aromatic carbocycles. The van der Waals surface area contributed by atoms with E-state index < -0.39 is 11.9 Å². The highest BCUT2D eigenvalue weighted by Crippen LogP contribution is 2.12. The first-order chi connectivity index (χ1) is 12.0. The number of carboxylic acid groups (broad SMARTS) is 1. The van der Waals surface area contributed by atoms with Crippen LogP contribution < -0.4 is 5.32 Å². The van der Waals surface area contributed by atoms with Gasteiger partial charge in [-0.3, -0.25) is 9.59 Å². The van der Waals surface area contributed by atoms with Gasteiger partial charge < -0.3 is 15.2 Å². The van der Waals surface area contributed by atoms with Crippen LogP contribution in [0.15, 0.2) is 48.5 Å². The zero-order valence-corrected chi connectivity index (χ0v) is 14.5. The smallest absolute Gasteiger partial charge is 0.308 e. The summed E-state index contributed by atoms with van der Waals surface area (Å²) in [6.07, 6.45) is 0.379. The molecule has 2 rings (SSSR count). The maximum atomic E-state index is 12.2. The standard InChI is InChI=1S/C20H23NO4/c1-14-4-3-5-16(10-14)11-18(20(23)24)12-21-19(22)17-8-6-15(7-9-17)13-25-2/h3-10,18H,11-13H2,1-2H3,(H,21,22)(H,23,24). The highest BCUT2D eigenvalue weighted by atomic mass is 16.5. The predicted molar refractivity (Wildman–Crippen MR) is 95.5 cm³/mol. The molecule has 2 N–H and O–H groups in total. The van der Waals surface area contributed by atoms with E-state index in [-0.39, 0.29) is 12.5 Å². The van der Waals surface area contributed by atoms with Gasteiger partial charge in [0.15, 0.2) is 0 Å². The maximum absolute atomic E-state index is 12.2. The van der Waals surface area contributed by atoms with Crippen molar-refractivity contribution in [1.82, 2.24) is 5.32 Å². The van der Waals surface area contributed by atoms with Crippen LogP contribution >= 0.6 is 0 Å². The number of ether oxygens (including phenoxy) is 1. The maximum Gasteiger partial charge on any atom is 0.308 e. The first-order valence-electron chi connectivity index (χ1n) is 8.14. The molecule has 0 aliphatic carbocycles. The van der Waals surface area contributed by atoms with Crippen LogP contribution in [-0.2, 0) is 22.6 Å². The Morgan fingerprint density at radius 3 is 2.44 bits per heavy atom. The number of hydrogen-bond acceptors (Lipinski definition) is 3. The number of carboxylic acids is 1. The van der Waals surface area contributed by atoms with Gasteiger partial charge in [-0.2, -0.15) is 0 Å². The fourth-order valence-corrected chi connectivity index (χ4v) is 2.61. The van der Waals surface area contributed by atoms with Crippen LogP contribution in [0.25, 0.3) is 0 Å². The third kappa shape index (κ3) is 5.72. The second kappa shape index (κ2) is 8.99. The van der Waals surface area contributed by atoms with Gasteiger partial charge >= 0.3 is 5.97 Å². The summed E-state index contributed by atoms with van der Waals surface area (Å²) in [4.78, 5) is 23.7.